The van der Waals surface area contributed by atoms with Crippen LogP contribution in [0.2, 0.25) is 0 Å². The van der Waals surface area contributed by atoms with Gasteiger partial charge < -0.3 is 9.88 Å². The maximum Gasteiger partial charge on any atom is 0.128 e. The second-order valence-electron chi connectivity index (χ2n) is 7.05. The summed E-state index contributed by atoms with van der Waals surface area (Å²) in [4.78, 5) is 4.78. The molecule has 0 fully saturated rings. The first kappa shape index (κ1) is 16.6. The Hall–Kier alpha value is -2.29. The number of fused-ring (bicyclic) bond motifs is 1. The van der Waals surface area contributed by atoms with E-state index < -0.39 is 0 Å². The maximum atomic E-state index is 4.78. The summed E-state index contributed by atoms with van der Waals surface area (Å²) in [5.74, 6) is 2.04. The molecular formula is C21H27N3. The van der Waals surface area contributed by atoms with Gasteiger partial charge >= 0.3 is 0 Å². The Balaban J connectivity index is 1.94. The molecule has 0 aliphatic carbocycles. The highest BCUT2D eigenvalue weighted by Gasteiger charge is 2.14. The first-order valence-electron chi connectivity index (χ1n) is 8.76. The lowest BCUT2D eigenvalue weighted by molar-refractivity contribution is 0.810. The topological polar surface area (TPSA) is 29.9 Å². The average molecular weight is 321 g/mol. The summed E-state index contributed by atoms with van der Waals surface area (Å²) < 4.78 is 2.18. The Morgan fingerprint density at radius 2 is 1.54 bits per heavy atom. The van der Waals surface area contributed by atoms with Crippen LogP contribution in [0.4, 0.5) is 5.69 Å². The zero-order valence-electron chi connectivity index (χ0n) is 15.3. The number of imidazole rings is 1. The Bertz CT molecular complexity index is 817. The van der Waals surface area contributed by atoms with Gasteiger partial charge in [0, 0.05) is 12.7 Å². The van der Waals surface area contributed by atoms with Crippen molar-refractivity contribution in [2.45, 2.75) is 46.1 Å². The van der Waals surface area contributed by atoms with Gasteiger partial charge in [-0.2, -0.15) is 0 Å². The van der Waals surface area contributed by atoms with E-state index in [4.69, 9.17) is 4.98 Å². The lowest BCUT2D eigenvalue weighted by Crippen LogP contribution is -2.10. The Morgan fingerprint density at radius 1 is 0.917 bits per heavy atom. The van der Waals surface area contributed by atoms with Crippen LogP contribution in [0.15, 0.2) is 42.5 Å². The molecule has 0 bridgehead atoms. The van der Waals surface area contributed by atoms with Gasteiger partial charge in [0.25, 0.3) is 0 Å². The summed E-state index contributed by atoms with van der Waals surface area (Å²) in [6, 6.07) is 14.9. The number of aryl methyl sites for hydroxylation is 1. The van der Waals surface area contributed by atoms with E-state index in [0.29, 0.717) is 11.8 Å². The molecule has 0 amide bonds. The van der Waals surface area contributed by atoms with Crippen LogP contribution in [-0.2, 0) is 13.6 Å². The molecule has 126 valence electrons. The Kier molecular flexibility index (Phi) is 4.61. The van der Waals surface area contributed by atoms with E-state index in [1.54, 1.807) is 0 Å². The van der Waals surface area contributed by atoms with Crippen LogP contribution in [-0.4, -0.2) is 9.55 Å². The summed E-state index contributed by atoms with van der Waals surface area (Å²) in [6.07, 6.45) is 0. The van der Waals surface area contributed by atoms with Gasteiger partial charge in [0.2, 0.25) is 0 Å². The summed E-state index contributed by atoms with van der Waals surface area (Å²) in [7, 11) is 2.09. The van der Waals surface area contributed by atoms with Crippen molar-refractivity contribution in [2.75, 3.05) is 5.32 Å². The molecule has 3 rings (SSSR count). The number of para-hydroxylation sites is 3. The van der Waals surface area contributed by atoms with E-state index in [1.807, 2.05) is 6.07 Å². The summed E-state index contributed by atoms with van der Waals surface area (Å²) in [6.45, 7) is 9.73. The van der Waals surface area contributed by atoms with Crippen molar-refractivity contribution < 1.29 is 0 Å². The molecule has 3 nitrogen and oxygen atoms in total. The van der Waals surface area contributed by atoms with Gasteiger partial charge in [0.15, 0.2) is 0 Å². The molecule has 0 radical (unpaired) electrons. The molecule has 1 heterocycles. The van der Waals surface area contributed by atoms with Crippen LogP contribution < -0.4 is 5.32 Å². The molecule has 1 aromatic heterocycles. The zero-order chi connectivity index (χ0) is 17.3. The third-order valence-electron chi connectivity index (χ3n) is 4.68. The third-order valence-corrected chi connectivity index (χ3v) is 4.68. The average Bonchev–Trinajstić information content (AvgIpc) is 2.89. The number of nitrogens with zero attached hydrogens (tertiary/aromatic N) is 2. The molecule has 3 heteroatoms. The van der Waals surface area contributed by atoms with Crippen LogP contribution in [0.3, 0.4) is 0 Å². The second kappa shape index (κ2) is 6.68. The largest absolute Gasteiger partial charge is 0.377 e. The molecule has 0 saturated carbocycles. The molecule has 3 aromatic rings. The summed E-state index contributed by atoms with van der Waals surface area (Å²) >= 11 is 0. The van der Waals surface area contributed by atoms with Crippen LogP contribution >= 0.6 is 0 Å². The van der Waals surface area contributed by atoms with Gasteiger partial charge in [-0.05, 0) is 35.1 Å². The predicted octanol–water partition coefficient (Wildman–Crippen LogP) is 5.43. The highest BCUT2D eigenvalue weighted by atomic mass is 15.1. The number of rotatable bonds is 5. The molecule has 0 aliphatic heterocycles. The number of anilines is 1. The minimum absolute atomic E-state index is 0.492. The maximum absolute atomic E-state index is 4.78. The van der Waals surface area contributed by atoms with Crippen molar-refractivity contribution in [3.63, 3.8) is 0 Å². The lowest BCUT2D eigenvalue weighted by Gasteiger charge is -2.20. The van der Waals surface area contributed by atoms with Gasteiger partial charge in [-0.1, -0.05) is 58.0 Å². The first-order valence-corrected chi connectivity index (χ1v) is 8.76. The summed E-state index contributed by atoms with van der Waals surface area (Å²) in [5, 5.41) is 3.68. The minimum atomic E-state index is 0.492. The predicted molar refractivity (Wildman–Crippen MR) is 103 cm³/mol. The van der Waals surface area contributed by atoms with E-state index in [-0.39, 0.29) is 0 Å². The van der Waals surface area contributed by atoms with Gasteiger partial charge in [0.1, 0.15) is 5.82 Å². The molecule has 0 atom stereocenters. The van der Waals surface area contributed by atoms with E-state index >= 15 is 0 Å². The molecular weight excluding hydrogens is 294 g/mol. The smallest absolute Gasteiger partial charge is 0.128 e. The van der Waals surface area contributed by atoms with E-state index in [0.717, 1.165) is 17.9 Å². The zero-order valence-corrected chi connectivity index (χ0v) is 15.3. The molecule has 2 aromatic carbocycles. The first-order chi connectivity index (χ1) is 11.5. The van der Waals surface area contributed by atoms with E-state index in [9.17, 15) is 0 Å². The fourth-order valence-electron chi connectivity index (χ4n) is 3.28. The number of benzene rings is 2. The number of hydrogen-bond donors (Lipinski definition) is 1. The van der Waals surface area contributed by atoms with Crippen LogP contribution in [0.5, 0.6) is 0 Å². The van der Waals surface area contributed by atoms with Crippen molar-refractivity contribution in [1.29, 1.82) is 0 Å². The number of aromatic nitrogens is 2. The van der Waals surface area contributed by atoms with Crippen molar-refractivity contribution in [1.82, 2.24) is 9.55 Å². The number of hydrogen-bond acceptors (Lipinski definition) is 2. The second-order valence-corrected chi connectivity index (χ2v) is 7.05. The van der Waals surface area contributed by atoms with Gasteiger partial charge in [-0.15, -0.1) is 0 Å². The molecule has 0 unspecified atom stereocenters. The normalized spacial score (nSPS) is 11.6. The fourth-order valence-corrected chi connectivity index (χ4v) is 3.28. The van der Waals surface area contributed by atoms with Crippen molar-refractivity contribution in [2.24, 2.45) is 7.05 Å². The van der Waals surface area contributed by atoms with Gasteiger partial charge in [-0.25, -0.2) is 4.98 Å². The Morgan fingerprint density at radius 3 is 2.12 bits per heavy atom. The van der Waals surface area contributed by atoms with Gasteiger partial charge in [-0.3, -0.25) is 0 Å². The van der Waals surface area contributed by atoms with Crippen molar-refractivity contribution >= 4 is 16.7 Å². The molecule has 1 N–H and O–H groups in total. The molecule has 0 saturated heterocycles. The minimum Gasteiger partial charge on any atom is -0.377 e. The van der Waals surface area contributed by atoms with Crippen LogP contribution in [0.1, 0.15) is 56.5 Å². The van der Waals surface area contributed by atoms with E-state index in [2.05, 4.69) is 81.0 Å². The molecule has 0 aliphatic rings. The van der Waals surface area contributed by atoms with Crippen molar-refractivity contribution in [3.05, 3.63) is 59.4 Å². The molecule has 0 spiro atoms. The van der Waals surface area contributed by atoms with Crippen molar-refractivity contribution in [3.8, 4) is 0 Å². The highest BCUT2D eigenvalue weighted by molar-refractivity contribution is 5.75. The van der Waals surface area contributed by atoms with Gasteiger partial charge in [0.05, 0.1) is 17.6 Å². The van der Waals surface area contributed by atoms with Crippen LogP contribution in [0.25, 0.3) is 11.0 Å². The summed E-state index contributed by atoms with van der Waals surface area (Å²) in [5.41, 5.74) is 6.25. The monoisotopic (exact) mass is 321 g/mol. The highest BCUT2D eigenvalue weighted by Crippen LogP contribution is 2.32. The standard InChI is InChI=1S/C21H27N3/c1-14(2)16-9-8-10-17(15(3)4)21(16)22-13-20-23-18-11-6-7-12-19(18)24(20)5/h6-12,14-15,22H,13H2,1-5H3. The fraction of sp³-hybridized carbons (Fsp3) is 0.381. The lowest BCUT2D eigenvalue weighted by atomic mass is 9.92. The molecule has 24 heavy (non-hydrogen) atoms. The quantitative estimate of drug-likeness (QED) is 0.679. The SMILES string of the molecule is CC(C)c1cccc(C(C)C)c1NCc1nc2ccccc2n1C. The Labute approximate surface area is 144 Å². The third kappa shape index (κ3) is 3.03. The van der Waals surface area contributed by atoms with Crippen LogP contribution in [0, 0.1) is 0 Å². The number of nitrogens with one attached hydrogen (secondary N) is 1. The van der Waals surface area contributed by atoms with E-state index in [1.165, 1.54) is 22.3 Å².